The Morgan fingerprint density at radius 3 is 2.77 bits per heavy atom. The van der Waals surface area contributed by atoms with Crippen LogP contribution in [0.2, 0.25) is 0 Å². The van der Waals surface area contributed by atoms with Crippen LogP contribution in [0.5, 0.6) is 0 Å². The molecule has 1 aliphatic rings. The average Bonchev–Trinajstić information content (AvgIpc) is 3.51. The standard InChI is InChI=1S/C22H16FN5O2/c23-15-7-5-13(6-8-15)21-26-27-22(30-21)28-10-9-16-19(25-12-24-16)20(28)18-11-14-3-1-2-4-17(14)29-18/h1-8,11-12,20H,9-10H2,(H,24,25)/t20-/m1/s1. The number of hydrogen-bond acceptors (Lipinski definition) is 6. The van der Waals surface area contributed by atoms with Crippen LogP contribution in [-0.2, 0) is 6.42 Å². The van der Waals surface area contributed by atoms with Gasteiger partial charge >= 0.3 is 6.01 Å². The number of aromatic nitrogens is 4. The number of hydrogen-bond donors (Lipinski definition) is 1. The lowest BCUT2D eigenvalue weighted by Crippen LogP contribution is -2.36. The lowest BCUT2D eigenvalue weighted by molar-refractivity contribution is 0.453. The van der Waals surface area contributed by atoms with Crippen LogP contribution in [0.15, 0.2) is 69.8 Å². The number of H-pyrrole nitrogens is 1. The summed E-state index contributed by atoms with van der Waals surface area (Å²) < 4.78 is 25.4. The summed E-state index contributed by atoms with van der Waals surface area (Å²) in [5, 5.41) is 9.45. The summed E-state index contributed by atoms with van der Waals surface area (Å²) in [6, 6.07) is 15.9. The fourth-order valence-electron chi connectivity index (χ4n) is 3.95. The van der Waals surface area contributed by atoms with Crippen LogP contribution in [0, 0.1) is 5.82 Å². The molecule has 0 radical (unpaired) electrons. The quantitative estimate of drug-likeness (QED) is 0.479. The number of nitrogens with zero attached hydrogens (tertiary/aromatic N) is 4. The minimum atomic E-state index is -0.314. The fraction of sp³-hybridized carbons (Fsp3) is 0.136. The number of fused-ring (bicyclic) bond motifs is 2. The van der Waals surface area contributed by atoms with E-state index in [4.69, 9.17) is 8.83 Å². The highest BCUT2D eigenvalue weighted by atomic mass is 19.1. The SMILES string of the molecule is Fc1ccc(-c2nnc(N3CCc4[nH]cnc4[C@H]3c3cc4ccccc4o3)o2)cc1. The first-order valence-corrected chi connectivity index (χ1v) is 9.63. The van der Waals surface area contributed by atoms with E-state index in [1.807, 2.05) is 35.2 Å². The molecule has 0 bridgehead atoms. The first-order valence-electron chi connectivity index (χ1n) is 9.63. The third kappa shape index (κ3) is 2.68. The molecule has 0 amide bonds. The summed E-state index contributed by atoms with van der Waals surface area (Å²) in [7, 11) is 0. The van der Waals surface area contributed by atoms with Crippen LogP contribution in [-0.4, -0.2) is 26.7 Å². The van der Waals surface area contributed by atoms with E-state index in [1.54, 1.807) is 18.5 Å². The van der Waals surface area contributed by atoms with Gasteiger partial charge in [0.05, 0.1) is 12.0 Å². The number of rotatable bonds is 3. The number of aromatic amines is 1. The number of imidazole rings is 1. The molecule has 0 saturated carbocycles. The van der Waals surface area contributed by atoms with Gasteiger partial charge in [0.1, 0.15) is 23.2 Å². The number of anilines is 1. The predicted octanol–water partition coefficient (Wildman–Crippen LogP) is 4.50. The van der Waals surface area contributed by atoms with Gasteiger partial charge < -0.3 is 18.7 Å². The molecule has 0 saturated heterocycles. The largest absolute Gasteiger partial charge is 0.458 e. The Morgan fingerprint density at radius 1 is 1.03 bits per heavy atom. The monoisotopic (exact) mass is 401 g/mol. The Hall–Kier alpha value is -3.94. The van der Waals surface area contributed by atoms with E-state index in [9.17, 15) is 4.39 Å². The summed E-state index contributed by atoms with van der Waals surface area (Å²) in [6.45, 7) is 0.655. The molecular weight excluding hydrogens is 385 g/mol. The van der Waals surface area contributed by atoms with E-state index in [-0.39, 0.29) is 11.9 Å². The van der Waals surface area contributed by atoms with Gasteiger partial charge in [-0.15, -0.1) is 5.10 Å². The minimum Gasteiger partial charge on any atom is -0.458 e. The van der Waals surface area contributed by atoms with Gasteiger partial charge in [-0.25, -0.2) is 9.37 Å². The molecule has 148 valence electrons. The number of furan rings is 1. The van der Waals surface area contributed by atoms with Gasteiger partial charge in [0, 0.05) is 29.6 Å². The van der Waals surface area contributed by atoms with Crippen molar-refractivity contribution in [2.75, 3.05) is 11.4 Å². The maximum absolute atomic E-state index is 13.2. The van der Waals surface area contributed by atoms with Gasteiger partial charge in [-0.1, -0.05) is 23.3 Å². The molecule has 0 spiro atoms. The highest BCUT2D eigenvalue weighted by Crippen LogP contribution is 2.39. The molecule has 1 aliphatic heterocycles. The summed E-state index contributed by atoms with van der Waals surface area (Å²) in [5.74, 6) is 0.775. The summed E-state index contributed by atoms with van der Waals surface area (Å²) in [5.41, 5.74) is 3.41. The molecule has 8 heteroatoms. The zero-order valence-electron chi connectivity index (χ0n) is 15.7. The van der Waals surface area contributed by atoms with Gasteiger partial charge in [-0.3, -0.25) is 0 Å². The Bertz CT molecular complexity index is 1300. The van der Waals surface area contributed by atoms with Crippen molar-refractivity contribution in [1.29, 1.82) is 0 Å². The molecule has 3 aromatic heterocycles. The van der Waals surface area contributed by atoms with E-state index in [0.29, 0.717) is 24.0 Å². The maximum atomic E-state index is 13.2. The van der Waals surface area contributed by atoms with Crippen molar-refractivity contribution < 1.29 is 13.2 Å². The predicted molar refractivity (Wildman–Crippen MR) is 107 cm³/mol. The first kappa shape index (κ1) is 17.0. The van der Waals surface area contributed by atoms with Gasteiger partial charge in [0.15, 0.2) is 0 Å². The van der Waals surface area contributed by atoms with Crippen LogP contribution in [0.25, 0.3) is 22.4 Å². The Balaban J connectivity index is 1.43. The second kappa shape index (κ2) is 6.55. The van der Waals surface area contributed by atoms with Crippen molar-refractivity contribution in [3.05, 3.63) is 83.9 Å². The average molecular weight is 401 g/mol. The zero-order chi connectivity index (χ0) is 20.1. The number of benzene rings is 2. The molecule has 30 heavy (non-hydrogen) atoms. The van der Waals surface area contributed by atoms with Crippen molar-refractivity contribution >= 4 is 17.0 Å². The Morgan fingerprint density at radius 2 is 1.90 bits per heavy atom. The van der Waals surface area contributed by atoms with Crippen LogP contribution in [0.4, 0.5) is 10.4 Å². The topological polar surface area (TPSA) is 84.0 Å². The van der Waals surface area contributed by atoms with Crippen LogP contribution in [0.1, 0.15) is 23.2 Å². The minimum absolute atomic E-state index is 0.297. The third-order valence-electron chi connectivity index (χ3n) is 5.39. The smallest absolute Gasteiger partial charge is 0.319 e. The lowest BCUT2D eigenvalue weighted by atomic mass is 10.0. The summed E-state index contributed by atoms with van der Waals surface area (Å²) in [4.78, 5) is 9.77. The fourth-order valence-corrected chi connectivity index (χ4v) is 3.95. The van der Waals surface area contributed by atoms with Gasteiger partial charge in [0.25, 0.3) is 0 Å². The van der Waals surface area contributed by atoms with Gasteiger partial charge in [-0.2, -0.15) is 0 Å². The van der Waals surface area contributed by atoms with E-state index in [1.165, 1.54) is 12.1 Å². The molecule has 1 atom stereocenters. The molecule has 5 aromatic rings. The molecule has 7 nitrogen and oxygen atoms in total. The van der Waals surface area contributed by atoms with E-state index >= 15 is 0 Å². The lowest BCUT2D eigenvalue weighted by Gasteiger charge is -2.32. The van der Waals surface area contributed by atoms with E-state index in [0.717, 1.165) is 34.5 Å². The number of halogens is 1. The second-order valence-corrected chi connectivity index (χ2v) is 7.20. The second-order valence-electron chi connectivity index (χ2n) is 7.20. The molecule has 1 N–H and O–H groups in total. The van der Waals surface area contributed by atoms with Crippen molar-refractivity contribution in [2.24, 2.45) is 0 Å². The third-order valence-corrected chi connectivity index (χ3v) is 5.39. The van der Waals surface area contributed by atoms with Gasteiger partial charge in [0.2, 0.25) is 5.89 Å². The summed E-state index contributed by atoms with van der Waals surface area (Å²) in [6.07, 6.45) is 2.46. The molecule has 0 fully saturated rings. The van der Waals surface area contributed by atoms with Crippen molar-refractivity contribution in [2.45, 2.75) is 12.5 Å². The first-order chi connectivity index (χ1) is 14.8. The van der Waals surface area contributed by atoms with Gasteiger partial charge in [-0.05, 0) is 36.4 Å². The maximum Gasteiger partial charge on any atom is 0.319 e. The number of nitrogens with one attached hydrogen (secondary N) is 1. The molecule has 2 aromatic carbocycles. The van der Waals surface area contributed by atoms with Crippen LogP contribution in [0.3, 0.4) is 0 Å². The number of para-hydroxylation sites is 1. The van der Waals surface area contributed by atoms with Crippen LogP contribution >= 0.6 is 0 Å². The van der Waals surface area contributed by atoms with Crippen molar-refractivity contribution in [3.8, 4) is 11.5 Å². The normalized spacial score (nSPS) is 16.2. The molecule has 0 aliphatic carbocycles. The van der Waals surface area contributed by atoms with E-state index < -0.39 is 0 Å². The molecular formula is C22H16FN5O2. The highest BCUT2D eigenvalue weighted by Gasteiger charge is 2.36. The zero-order valence-corrected chi connectivity index (χ0v) is 15.7. The van der Waals surface area contributed by atoms with Crippen molar-refractivity contribution in [3.63, 3.8) is 0 Å². The van der Waals surface area contributed by atoms with Crippen LogP contribution < -0.4 is 4.90 Å². The Labute approximate surface area is 170 Å². The Kier molecular flexibility index (Phi) is 3.70. The summed E-state index contributed by atoms with van der Waals surface area (Å²) >= 11 is 0. The molecule has 0 unspecified atom stereocenters. The molecule has 6 rings (SSSR count). The van der Waals surface area contributed by atoms with E-state index in [2.05, 4.69) is 20.2 Å². The van der Waals surface area contributed by atoms with Crippen molar-refractivity contribution in [1.82, 2.24) is 20.2 Å². The highest BCUT2D eigenvalue weighted by molar-refractivity contribution is 5.78. The molecule has 4 heterocycles.